The van der Waals surface area contributed by atoms with Gasteiger partial charge in [-0.25, -0.2) is 0 Å². The summed E-state index contributed by atoms with van der Waals surface area (Å²) in [7, 11) is 0. The Kier molecular flexibility index (Phi) is 5.16. The lowest BCUT2D eigenvalue weighted by Crippen LogP contribution is -2.33. The van der Waals surface area contributed by atoms with Crippen LogP contribution in [0.25, 0.3) is 0 Å². The lowest BCUT2D eigenvalue weighted by molar-refractivity contribution is 0.183. The van der Waals surface area contributed by atoms with Crippen molar-refractivity contribution in [2.45, 2.75) is 26.2 Å². The highest BCUT2D eigenvalue weighted by atomic mass is 32.1. The molecule has 0 spiro atoms. The molecule has 0 radical (unpaired) electrons. The van der Waals surface area contributed by atoms with E-state index < -0.39 is 0 Å². The van der Waals surface area contributed by atoms with Gasteiger partial charge in [0.15, 0.2) is 0 Å². The Morgan fingerprint density at radius 1 is 1.32 bits per heavy atom. The third-order valence-corrected chi connectivity index (χ3v) is 3.81. The molecule has 1 aromatic carbocycles. The van der Waals surface area contributed by atoms with Crippen molar-refractivity contribution in [1.82, 2.24) is 4.90 Å². The monoisotopic (exact) mass is 278 g/mol. The van der Waals surface area contributed by atoms with Crippen LogP contribution in [0, 0.1) is 6.92 Å². The van der Waals surface area contributed by atoms with Crippen molar-refractivity contribution in [1.29, 1.82) is 0 Å². The van der Waals surface area contributed by atoms with Crippen LogP contribution in [0.15, 0.2) is 18.2 Å². The zero-order valence-electron chi connectivity index (χ0n) is 11.5. The van der Waals surface area contributed by atoms with E-state index in [-0.39, 0.29) is 0 Å². The van der Waals surface area contributed by atoms with Gasteiger partial charge in [-0.15, -0.1) is 0 Å². The molecular formula is C15H22N2OS. The van der Waals surface area contributed by atoms with Crippen molar-refractivity contribution in [3.8, 4) is 5.75 Å². The molecule has 2 rings (SSSR count). The predicted octanol–water partition coefficient (Wildman–Crippen LogP) is 2.49. The first kappa shape index (κ1) is 14.3. The molecule has 0 aromatic heterocycles. The fourth-order valence-electron chi connectivity index (χ4n) is 2.48. The fourth-order valence-corrected chi connectivity index (χ4v) is 2.71. The number of hydrogen-bond donors (Lipinski definition) is 1. The van der Waals surface area contributed by atoms with Crippen molar-refractivity contribution in [3.63, 3.8) is 0 Å². The Labute approximate surface area is 120 Å². The number of ether oxygens (including phenoxy) is 1. The summed E-state index contributed by atoms with van der Waals surface area (Å²) >= 11 is 5.00. The molecule has 0 amide bonds. The van der Waals surface area contributed by atoms with Gasteiger partial charge in [-0.1, -0.05) is 18.6 Å². The Hall–Kier alpha value is -1.13. The molecule has 1 aliphatic rings. The van der Waals surface area contributed by atoms with Gasteiger partial charge in [-0.3, -0.25) is 4.90 Å². The van der Waals surface area contributed by atoms with Gasteiger partial charge in [0.05, 0.1) is 0 Å². The smallest absolute Gasteiger partial charge is 0.119 e. The third kappa shape index (κ3) is 4.18. The molecule has 3 nitrogen and oxygen atoms in total. The van der Waals surface area contributed by atoms with Gasteiger partial charge >= 0.3 is 0 Å². The minimum atomic E-state index is 0.442. The number of hydrogen-bond acceptors (Lipinski definition) is 3. The summed E-state index contributed by atoms with van der Waals surface area (Å²) in [5.74, 6) is 0.898. The Morgan fingerprint density at radius 3 is 2.68 bits per heavy atom. The van der Waals surface area contributed by atoms with Crippen LogP contribution in [0.2, 0.25) is 0 Å². The molecule has 0 unspecified atom stereocenters. The number of nitrogens with two attached hydrogens (primary N) is 1. The topological polar surface area (TPSA) is 38.5 Å². The molecule has 19 heavy (non-hydrogen) atoms. The van der Waals surface area contributed by atoms with E-state index in [2.05, 4.69) is 4.90 Å². The fraction of sp³-hybridized carbons (Fsp3) is 0.533. The summed E-state index contributed by atoms with van der Waals surface area (Å²) in [6, 6.07) is 5.89. The molecule has 1 aromatic rings. The number of nitrogens with zero attached hydrogens (tertiary/aromatic N) is 1. The van der Waals surface area contributed by atoms with Gasteiger partial charge in [-0.2, -0.15) is 0 Å². The minimum Gasteiger partial charge on any atom is -0.492 e. The normalized spacial score (nSPS) is 16.3. The van der Waals surface area contributed by atoms with Gasteiger partial charge in [0.1, 0.15) is 17.3 Å². The van der Waals surface area contributed by atoms with E-state index >= 15 is 0 Å². The summed E-state index contributed by atoms with van der Waals surface area (Å²) < 4.78 is 5.80. The van der Waals surface area contributed by atoms with E-state index in [1.54, 1.807) is 0 Å². The van der Waals surface area contributed by atoms with Crippen molar-refractivity contribution >= 4 is 17.2 Å². The van der Waals surface area contributed by atoms with Crippen LogP contribution < -0.4 is 10.5 Å². The second kappa shape index (κ2) is 6.87. The molecule has 2 N–H and O–H groups in total. The number of piperidine rings is 1. The number of aryl methyl sites for hydroxylation is 1. The average molecular weight is 278 g/mol. The van der Waals surface area contributed by atoms with E-state index in [0.29, 0.717) is 4.99 Å². The molecule has 0 bridgehead atoms. The van der Waals surface area contributed by atoms with Crippen molar-refractivity contribution < 1.29 is 4.74 Å². The lowest BCUT2D eigenvalue weighted by atomic mass is 10.1. The zero-order chi connectivity index (χ0) is 13.7. The molecule has 1 heterocycles. The maximum Gasteiger partial charge on any atom is 0.119 e. The summed E-state index contributed by atoms with van der Waals surface area (Å²) in [6.07, 6.45) is 4.01. The third-order valence-electron chi connectivity index (χ3n) is 3.59. The second-order valence-electron chi connectivity index (χ2n) is 5.09. The predicted molar refractivity (Wildman–Crippen MR) is 82.9 cm³/mol. The molecular weight excluding hydrogens is 256 g/mol. The van der Waals surface area contributed by atoms with Crippen molar-refractivity contribution in [2.75, 3.05) is 26.2 Å². The van der Waals surface area contributed by atoms with Gasteiger partial charge < -0.3 is 10.5 Å². The molecule has 1 fully saturated rings. The Morgan fingerprint density at radius 2 is 2.05 bits per heavy atom. The molecule has 0 atom stereocenters. The van der Waals surface area contributed by atoms with Gasteiger partial charge in [0, 0.05) is 12.1 Å². The van der Waals surface area contributed by atoms with E-state index in [9.17, 15) is 0 Å². The molecule has 1 aliphatic heterocycles. The van der Waals surface area contributed by atoms with Gasteiger partial charge in [0.25, 0.3) is 0 Å². The Bertz CT molecular complexity index is 442. The first-order valence-corrected chi connectivity index (χ1v) is 7.33. The first-order chi connectivity index (χ1) is 9.16. The Balaban J connectivity index is 1.82. The molecule has 104 valence electrons. The first-order valence-electron chi connectivity index (χ1n) is 6.92. The van der Waals surface area contributed by atoms with Crippen LogP contribution in [0.4, 0.5) is 0 Å². The number of rotatable bonds is 5. The maximum absolute atomic E-state index is 5.80. The quantitative estimate of drug-likeness (QED) is 0.840. The summed E-state index contributed by atoms with van der Waals surface area (Å²) in [4.78, 5) is 2.91. The largest absolute Gasteiger partial charge is 0.492 e. The van der Waals surface area contributed by atoms with Crippen LogP contribution in [-0.4, -0.2) is 36.1 Å². The number of likely N-dealkylation sites (tertiary alicyclic amines) is 1. The van der Waals surface area contributed by atoms with Crippen LogP contribution in [0.3, 0.4) is 0 Å². The maximum atomic E-state index is 5.80. The van der Waals surface area contributed by atoms with Crippen LogP contribution in [0.5, 0.6) is 5.75 Å². The van der Waals surface area contributed by atoms with Crippen molar-refractivity contribution in [2.24, 2.45) is 5.73 Å². The summed E-state index contributed by atoms with van der Waals surface area (Å²) in [5, 5.41) is 0. The van der Waals surface area contributed by atoms with Crippen LogP contribution in [0.1, 0.15) is 30.4 Å². The van der Waals surface area contributed by atoms with E-state index in [1.165, 1.54) is 32.4 Å². The SMILES string of the molecule is Cc1cc(OCCN2CCCCC2)ccc1C(N)=S. The van der Waals surface area contributed by atoms with E-state index in [1.807, 2.05) is 25.1 Å². The minimum absolute atomic E-state index is 0.442. The number of benzene rings is 1. The highest BCUT2D eigenvalue weighted by Crippen LogP contribution is 2.17. The molecule has 1 saturated heterocycles. The molecule has 0 aliphatic carbocycles. The summed E-state index contributed by atoms with van der Waals surface area (Å²) in [5.41, 5.74) is 7.65. The highest BCUT2D eigenvalue weighted by molar-refractivity contribution is 7.80. The second-order valence-corrected chi connectivity index (χ2v) is 5.53. The summed E-state index contributed by atoms with van der Waals surface area (Å²) in [6.45, 7) is 6.18. The van der Waals surface area contributed by atoms with E-state index in [4.69, 9.17) is 22.7 Å². The van der Waals surface area contributed by atoms with Crippen molar-refractivity contribution in [3.05, 3.63) is 29.3 Å². The standard InChI is InChI=1S/C15H22N2OS/c1-12-11-13(5-6-14(12)15(16)19)18-10-9-17-7-3-2-4-8-17/h5-6,11H,2-4,7-10H2,1H3,(H2,16,19). The highest BCUT2D eigenvalue weighted by Gasteiger charge is 2.09. The van der Waals surface area contributed by atoms with Crippen LogP contribution in [-0.2, 0) is 0 Å². The van der Waals surface area contributed by atoms with Gasteiger partial charge in [-0.05, 0) is 56.6 Å². The van der Waals surface area contributed by atoms with E-state index in [0.717, 1.165) is 30.0 Å². The van der Waals surface area contributed by atoms with Gasteiger partial charge in [0.2, 0.25) is 0 Å². The number of thiocarbonyl (C=S) groups is 1. The average Bonchev–Trinajstić information content (AvgIpc) is 2.39. The lowest BCUT2D eigenvalue weighted by Gasteiger charge is -2.26. The molecule has 0 saturated carbocycles. The zero-order valence-corrected chi connectivity index (χ0v) is 12.3. The van der Waals surface area contributed by atoms with Crippen LogP contribution >= 0.6 is 12.2 Å². The molecule has 4 heteroatoms.